The molecule has 15 heavy (non-hydrogen) atoms. The standard InChI is InChI=1S/C10H19N3O2/c1-8(14)12-5-6-13-9(15)10(7-11)3-2-4-10/h2-7,11H2,1H3,(H,12,14)(H,13,15). The van der Waals surface area contributed by atoms with Gasteiger partial charge in [0.15, 0.2) is 0 Å². The molecule has 2 amide bonds. The molecule has 5 heteroatoms. The van der Waals surface area contributed by atoms with Gasteiger partial charge in [-0.15, -0.1) is 0 Å². The molecule has 86 valence electrons. The van der Waals surface area contributed by atoms with E-state index in [2.05, 4.69) is 10.6 Å². The van der Waals surface area contributed by atoms with Crippen molar-refractivity contribution < 1.29 is 9.59 Å². The van der Waals surface area contributed by atoms with Gasteiger partial charge in [0.25, 0.3) is 0 Å². The molecule has 0 radical (unpaired) electrons. The molecule has 0 spiro atoms. The molecule has 1 aliphatic carbocycles. The van der Waals surface area contributed by atoms with E-state index in [9.17, 15) is 9.59 Å². The Morgan fingerprint density at radius 2 is 1.87 bits per heavy atom. The van der Waals surface area contributed by atoms with Crippen molar-refractivity contribution in [2.24, 2.45) is 11.1 Å². The zero-order valence-electron chi connectivity index (χ0n) is 9.14. The Morgan fingerprint density at radius 3 is 2.27 bits per heavy atom. The van der Waals surface area contributed by atoms with E-state index in [1.54, 1.807) is 0 Å². The minimum atomic E-state index is -0.323. The normalized spacial score (nSPS) is 17.7. The number of amides is 2. The summed E-state index contributed by atoms with van der Waals surface area (Å²) in [5, 5.41) is 5.42. The van der Waals surface area contributed by atoms with E-state index in [0.29, 0.717) is 19.6 Å². The average molecular weight is 213 g/mol. The van der Waals surface area contributed by atoms with Gasteiger partial charge in [-0.05, 0) is 12.8 Å². The summed E-state index contributed by atoms with van der Waals surface area (Å²) in [7, 11) is 0. The zero-order chi connectivity index (χ0) is 11.3. The van der Waals surface area contributed by atoms with E-state index >= 15 is 0 Å². The molecule has 0 aromatic carbocycles. The molecule has 1 rings (SSSR count). The highest BCUT2D eigenvalue weighted by Gasteiger charge is 2.42. The molecule has 0 atom stereocenters. The van der Waals surface area contributed by atoms with Gasteiger partial charge in [-0.25, -0.2) is 0 Å². The fraction of sp³-hybridized carbons (Fsp3) is 0.800. The summed E-state index contributed by atoms with van der Waals surface area (Å²) < 4.78 is 0. The maximum atomic E-state index is 11.7. The lowest BCUT2D eigenvalue weighted by Gasteiger charge is -2.39. The van der Waals surface area contributed by atoms with Gasteiger partial charge in [-0.3, -0.25) is 9.59 Å². The van der Waals surface area contributed by atoms with Crippen molar-refractivity contribution >= 4 is 11.8 Å². The molecule has 1 aliphatic rings. The fourth-order valence-corrected chi connectivity index (χ4v) is 1.73. The summed E-state index contributed by atoms with van der Waals surface area (Å²) in [6.45, 7) is 2.82. The number of hydrogen-bond acceptors (Lipinski definition) is 3. The van der Waals surface area contributed by atoms with Crippen LogP contribution in [0.3, 0.4) is 0 Å². The number of carbonyl (C=O) groups is 2. The Kier molecular flexibility index (Phi) is 4.08. The summed E-state index contributed by atoms with van der Waals surface area (Å²) in [5.41, 5.74) is 5.27. The first-order valence-electron chi connectivity index (χ1n) is 5.33. The van der Waals surface area contributed by atoms with Crippen LogP contribution in [0.25, 0.3) is 0 Å². The van der Waals surface area contributed by atoms with Gasteiger partial charge in [0.05, 0.1) is 5.41 Å². The third kappa shape index (κ3) is 2.92. The van der Waals surface area contributed by atoms with Gasteiger partial charge in [0.2, 0.25) is 11.8 Å². The lowest BCUT2D eigenvalue weighted by molar-refractivity contribution is -0.135. The van der Waals surface area contributed by atoms with Gasteiger partial charge >= 0.3 is 0 Å². The topological polar surface area (TPSA) is 84.2 Å². The van der Waals surface area contributed by atoms with Crippen LogP contribution in [0.2, 0.25) is 0 Å². The van der Waals surface area contributed by atoms with Crippen LogP contribution < -0.4 is 16.4 Å². The first-order chi connectivity index (χ1) is 7.10. The lowest BCUT2D eigenvalue weighted by Crippen LogP contribution is -2.51. The van der Waals surface area contributed by atoms with Gasteiger partial charge in [0, 0.05) is 26.6 Å². The molecule has 0 aromatic rings. The van der Waals surface area contributed by atoms with Crippen LogP contribution in [0.1, 0.15) is 26.2 Å². The SMILES string of the molecule is CC(=O)NCCNC(=O)C1(CN)CCC1. The highest BCUT2D eigenvalue weighted by molar-refractivity contribution is 5.83. The molecular weight excluding hydrogens is 194 g/mol. The molecule has 0 bridgehead atoms. The minimum Gasteiger partial charge on any atom is -0.355 e. The Balaban J connectivity index is 2.21. The molecule has 0 aromatic heterocycles. The first-order valence-corrected chi connectivity index (χ1v) is 5.33. The van der Waals surface area contributed by atoms with Crippen molar-refractivity contribution in [3.63, 3.8) is 0 Å². The molecule has 4 N–H and O–H groups in total. The molecule has 1 saturated carbocycles. The largest absolute Gasteiger partial charge is 0.355 e. The third-order valence-corrected chi connectivity index (χ3v) is 2.97. The maximum absolute atomic E-state index is 11.7. The van der Waals surface area contributed by atoms with Gasteiger partial charge in [0.1, 0.15) is 0 Å². The second-order valence-electron chi connectivity index (χ2n) is 4.08. The second-order valence-corrected chi connectivity index (χ2v) is 4.08. The number of carbonyl (C=O) groups excluding carboxylic acids is 2. The van der Waals surface area contributed by atoms with Crippen molar-refractivity contribution in [1.82, 2.24) is 10.6 Å². The van der Waals surface area contributed by atoms with E-state index in [4.69, 9.17) is 5.73 Å². The summed E-state index contributed by atoms with van der Waals surface area (Å²) in [5.74, 6) is -0.0527. The molecule has 0 heterocycles. The quantitative estimate of drug-likeness (QED) is 0.531. The predicted octanol–water partition coefficient (Wildman–Crippen LogP) is -0.632. The lowest BCUT2D eigenvalue weighted by atomic mass is 9.68. The summed E-state index contributed by atoms with van der Waals surface area (Å²) in [4.78, 5) is 22.3. The van der Waals surface area contributed by atoms with Crippen molar-refractivity contribution in [2.45, 2.75) is 26.2 Å². The zero-order valence-corrected chi connectivity index (χ0v) is 9.14. The highest BCUT2D eigenvalue weighted by atomic mass is 16.2. The molecule has 0 aliphatic heterocycles. The average Bonchev–Trinajstić information content (AvgIpc) is 2.11. The van der Waals surface area contributed by atoms with Crippen LogP contribution in [0.5, 0.6) is 0 Å². The highest BCUT2D eigenvalue weighted by Crippen LogP contribution is 2.39. The van der Waals surface area contributed by atoms with Crippen LogP contribution in [-0.2, 0) is 9.59 Å². The van der Waals surface area contributed by atoms with Crippen LogP contribution >= 0.6 is 0 Å². The van der Waals surface area contributed by atoms with E-state index in [0.717, 1.165) is 19.3 Å². The Labute approximate surface area is 89.8 Å². The molecule has 0 unspecified atom stereocenters. The van der Waals surface area contributed by atoms with Crippen molar-refractivity contribution in [2.75, 3.05) is 19.6 Å². The first kappa shape index (κ1) is 12.0. The predicted molar refractivity (Wildman–Crippen MR) is 57.0 cm³/mol. The van der Waals surface area contributed by atoms with Crippen molar-refractivity contribution in [3.05, 3.63) is 0 Å². The Bertz CT molecular complexity index is 244. The van der Waals surface area contributed by atoms with Crippen molar-refractivity contribution in [1.29, 1.82) is 0 Å². The third-order valence-electron chi connectivity index (χ3n) is 2.97. The van der Waals surface area contributed by atoms with E-state index in [-0.39, 0.29) is 17.2 Å². The monoisotopic (exact) mass is 213 g/mol. The fourth-order valence-electron chi connectivity index (χ4n) is 1.73. The number of nitrogens with two attached hydrogens (primary N) is 1. The molecule has 0 saturated heterocycles. The van der Waals surface area contributed by atoms with Gasteiger partial charge in [-0.2, -0.15) is 0 Å². The van der Waals surface area contributed by atoms with Crippen molar-refractivity contribution in [3.8, 4) is 0 Å². The maximum Gasteiger partial charge on any atom is 0.227 e. The molecule has 1 fully saturated rings. The Hall–Kier alpha value is -1.10. The smallest absolute Gasteiger partial charge is 0.227 e. The second kappa shape index (κ2) is 5.11. The molecular formula is C10H19N3O2. The van der Waals surface area contributed by atoms with Crippen LogP contribution in [-0.4, -0.2) is 31.4 Å². The van der Waals surface area contributed by atoms with E-state index < -0.39 is 0 Å². The number of nitrogens with one attached hydrogen (secondary N) is 2. The van der Waals surface area contributed by atoms with Crippen LogP contribution in [0, 0.1) is 5.41 Å². The van der Waals surface area contributed by atoms with E-state index in [1.165, 1.54) is 6.92 Å². The van der Waals surface area contributed by atoms with Gasteiger partial charge < -0.3 is 16.4 Å². The molecule has 5 nitrogen and oxygen atoms in total. The summed E-state index contributed by atoms with van der Waals surface area (Å²) in [6, 6.07) is 0. The minimum absolute atomic E-state index is 0.0293. The Morgan fingerprint density at radius 1 is 1.27 bits per heavy atom. The van der Waals surface area contributed by atoms with Crippen LogP contribution in [0.4, 0.5) is 0 Å². The number of hydrogen-bond donors (Lipinski definition) is 3. The number of rotatable bonds is 5. The summed E-state index contributed by atoms with van der Waals surface area (Å²) >= 11 is 0. The summed E-state index contributed by atoms with van der Waals surface area (Å²) in [6.07, 6.45) is 2.85. The van der Waals surface area contributed by atoms with Gasteiger partial charge in [-0.1, -0.05) is 6.42 Å². The van der Waals surface area contributed by atoms with Crippen LogP contribution in [0.15, 0.2) is 0 Å². The van der Waals surface area contributed by atoms with E-state index in [1.807, 2.05) is 0 Å².